The average molecular weight is 372 g/mol. The van der Waals surface area contributed by atoms with Gasteiger partial charge in [0.05, 0.1) is 13.2 Å². The minimum atomic E-state index is -5.17. The highest BCUT2D eigenvalue weighted by Gasteiger charge is 2.44. The van der Waals surface area contributed by atoms with Gasteiger partial charge in [-0.15, -0.1) is 0 Å². The van der Waals surface area contributed by atoms with Crippen LogP contribution in [0.4, 0.5) is 27.5 Å². The fourth-order valence-corrected chi connectivity index (χ4v) is 2.28. The van der Waals surface area contributed by atoms with Crippen LogP contribution in [-0.2, 0) is 15.2 Å². The second-order valence-electron chi connectivity index (χ2n) is 4.78. The molecule has 1 fully saturated rings. The first-order chi connectivity index (χ1) is 11.0. The van der Waals surface area contributed by atoms with E-state index in [4.69, 9.17) is 0 Å². The highest BCUT2D eigenvalue weighted by atomic mass is 32.3. The van der Waals surface area contributed by atoms with Crippen molar-refractivity contribution in [3.05, 3.63) is 24.3 Å². The zero-order valence-electron chi connectivity index (χ0n) is 11.9. The largest absolute Gasteiger partial charge is 0.488 e. The van der Waals surface area contributed by atoms with Crippen LogP contribution < -0.4 is 9.50 Å². The van der Waals surface area contributed by atoms with Crippen molar-refractivity contribution in [1.82, 2.24) is 4.90 Å². The van der Waals surface area contributed by atoms with Gasteiger partial charge in [0, 0.05) is 12.2 Å². The molecule has 0 bridgehead atoms. The Balaban J connectivity index is 1.97. The van der Waals surface area contributed by atoms with Crippen LogP contribution in [0.5, 0.6) is 5.75 Å². The van der Waals surface area contributed by atoms with E-state index in [-0.39, 0.29) is 24.6 Å². The number of halogens is 4. The number of benzene rings is 1. The molecule has 0 spiro atoms. The van der Waals surface area contributed by atoms with E-state index in [1.54, 1.807) is 0 Å². The van der Waals surface area contributed by atoms with Crippen LogP contribution in [0.1, 0.15) is 0 Å². The highest BCUT2D eigenvalue weighted by molar-refractivity contribution is 7.81. The van der Waals surface area contributed by atoms with Crippen molar-refractivity contribution in [3.63, 3.8) is 0 Å². The van der Waals surface area contributed by atoms with E-state index in [2.05, 4.69) is 14.2 Å². The summed E-state index contributed by atoms with van der Waals surface area (Å²) in [6, 6.07) is 3.79. The molecule has 7 nitrogen and oxygen atoms in total. The number of urea groups is 1. The third kappa shape index (κ3) is 5.23. The lowest BCUT2D eigenvalue weighted by molar-refractivity contribution is -0.233. The predicted molar refractivity (Wildman–Crippen MR) is 73.5 cm³/mol. The van der Waals surface area contributed by atoms with Gasteiger partial charge in [-0.1, -0.05) is 3.89 Å². The molecule has 0 aliphatic carbocycles. The molecule has 0 saturated carbocycles. The first-order valence-electron chi connectivity index (χ1n) is 6.53. The summed E-state index contributed by atoms with van der Waals surface area (Å²) in [7, 11) is -5.17. The third-order valence-electron chi connectivity index (χ3n) is 3.02. The summed E-state index contributed by atoms with van der Waals surface area (Å²) in [5.74, 6) is -0.320. The van der Waals surface area contributed by atoms with Crippen LogP contribution in [-0.4, -0.2) is 51.3 Å². The molecule has 1 aliphatic heterocycles. The molecule has 2 rings (SSSR count). The van der Waals surface area contributed by atoms with Crippen molar-refractivity contribution in [2.45, 2.75) is 12.3 Å². The van der Waals surface area contributed by atoms with Crippen molar-refractivity contribution in [2.75, 3.05) is 25.0 Å². The van der Waals surface area contributed by atoms with Crippen LogP contribution in [0.25, 0.3) is 0 Å². The Kier molecular flexibility index (Phi) is 5.18. The quantitative estimate of drug-likeness (QED) is 0.649. The number of carbonyl (C=O) groups is 1. The Hall–Kier alpha value is -2.08. The maximum absolute atomic E-state index is 12.6. The molecule has 0 aromatic heterocycles. The smallest absolute Gasteiger partial charge is 0.365 e. The van der Waals surface area contributed by atoms with Gasteiger partial charge in [0.2, 0.25) is 0 Å². The van der Waals surface area contributed by atoms with Gasteiger partial charge < -0.3 is 19.1 Å². The Labute approximate surface area is 134 Å². The summed E-state index contributed by atoms with van der Waals surface area (Å²) in [5, 5.41) is 2.34. The van der Waals surface area contributed by atoms with Gasteiger partial charge in [-0.05, 0) is 24.3 Å². The van der Waals surface area contributed by atoms with E-state index in [1.165, 1.54) is 12.1 Å². The monoisotopic (exact) mass is 372 g/mol. The maximum atomic E-state index is 12.6. The molecule has 1 aliphatic rings. The van der Waals surface area contributed by atoms with Gasteiger partial charge in [0.15, 0.2) is 6.10 Å². The number of carbonyl (C=O) groups excluding carboxylic acids is 1. The molecule has 12 heteroatoms. The van der Waals surface area contributed by atoms with Crippen LogP contribution in [0.15, 0.2) is 24.3 Å². The third-order valence-corrected chi connectivity index (χ3v) is 3.41. The van der Waals surface area contributed by atoms with Gasteiger partial charge in [0.1, 0.15) is 5.75 Å². The first-order valence-corrected chi connectivity index (χ1v) is 7.84. The zero-order chi connectivity index (χ0) is 18.0. The molecule has 1 N–H and O–H groups in total. The minimum Gasteiger partial charge on any atom is -0.365 e. The van der Waals surface area contributed by atoms with Crippen LogP contribution >= 0.6 is 0 Å². The maximum Gasteiger partial charge on any atom is 0.488 e. The summed E-state index contributed by atoms with van der Waals surface area (Å²) < 4.78 is 79.3. The van der Waals surface area contributed by atoms with E-state index in [1.807, 2.05) is 0 Å². The van der Waals surface area contributed by atoms with E-state index < -0.39 is 35.4 Å². The molecule has 1 heterocycles. The molecule has 0 radical (unpaired) electrons. The molecule has 1 aromatic carbocycles. The van der Waals surface area contributed by atoms with Crippen molar-refractivity contribution in [3.8, 4) is 5.75 Å². The lowest BCUT2D eigenvalue weighted by Crippen LogP contribution is -2.52. The number of rotatable bonds is 3. The number of nitrogens with one attached hydrogen (secondary N) is 1. The summed E-state index contributed by atoms with van der Waals surface area (Å²) in [6.45, 7) is -0.908. The van der Waals surface area contributed by atoms with Gasteiger partial charge in [-0.3, -0.25) is 0 Å². The summed E-state index contributed by atoms with van der Waals surface area (Å²) in [5.41, 5.74) is 0.165. The average Bonchev–Trinajstić information content (AvgIpc) is 2.47. The lowest BCUT2D eigenvalue weighted by Gasteiger charge is -2.33. The molecule has 1 atom stereocenters. The summed E-state index contributed by atoms with van der Waals surface area (Å²) in [4.78, 5) is 12.9. The molecular formula is C12H12F4N2O5S. The van der Waals surface area contributed by atoms with E-state index in [0.717, 1.165) is 17.0 Å². The van der Waals surface area contributed by atoms with Crippen LogP contribution in [0.2, 0.25) is 0 Å². The van der Waals surface area contributed by atoms with Gasteiger partial charge in [-0.25, -0.2) is 4.79 Å². The molecule has 2 amide bonds. The minimum absolute atomic E-state index is 0.0142. The van der Waals surface area contributed by atoms with Crippen LogP contribution in [0.3, 0.4) is 0 Å². The number of hydrogen-bond acceptors (Lipinski definition) is 5. The number of hydrogen-bond donors (Lipinski definition) is 1. The molecule has 24 heavy (non-hydrogen) atoms. The fraction of sp³-hybridized carbons (Fsp3) is 0.417. The van der Waals surface area contributed by atoms with Crippen molar-refractivity contribution in [2.24, 2.45) is 0 Å². The second kappa shape index (κ2) is 6.81. The van der Waals surface area contributed by atoms with Crippen molar-refractivity contribution in [1.29, 1.82) is 0 Å². The van der Waals surface area contributed by atoms with Crippen molar-refractivity contribution >= 4 is 22.2 Å². The van der Waals surface area contributed by atoms with E-state index in [0.29, 0.717) is 0 Å². The second-order valence-corrected chi connectivity index (χ2v) is 5.73. The molecule has 1 saturated heterocycles. The van der Waals surface area contributed by atoms with Crippen molar-refractivity contribution < 1.29 is 39.2 Å². The highest BCUT2D eigenvalue weighted by Crippen LogP contribution is 2.26. The van der Waals surface area contributed by atoms with Gasteiger partial charge >= 0.3 is 22.7 Å². The Morgan fingerprint density at radius 2 is 1.92 bits per heavy atom. The molecule has 134 valence electrons. The summed E-state index contributed by atoms with van der Waals surface area (Å²) in [6.07, 6.45) is -6.63. The fourth-order valence-electron chi connectivity index (χ4n) is 1.94. The van der Waals surface area contributed by atoms with E-state index in [9.17, 15) is 30.3 Å². The van der Waals surface area contributed by atoms with Crippen LogP contribution in [0, 0.1) is 0 Å². The number of alkyl halides is 3. The Bertz CT molecular complexity index is 692. The standard InChI is InChI=1S/C12H12F4N2O5S/c13-12(14,15)10-7-18(5-6-22-10)11(19)17-8-1-3-9(4-2-8)23-24(16,20)21/h1-4,10H,5-7H2,(H,17,19). The Morgan fingerprint density at radius 3 is 2.46 bits per heavy atom. The first kappa shape index (κ1) is 18.3. The lowest BCUT2D eigenvalue weighted by atomic mass is 10.2. The summed E-state index contributed by atoms with van der Waals surface area (Å²) >= 11 is 0. The molecule has 1 aromatic rings. The van der Waals surface area contributed by atoms with E-state index >= 15 is 0 Å². The topological polar surface area (TPSA) is 84.9 Å². The molecular weight excluding hydrogens is 360 g/mol. The number of nitrogens with zero attached hydrogens (tertiary/aromatic N) is 1. The number of ether oxygens (including phenoxy) is 1. The number of morpholine rings is 1. The SMILES string of the molecule is O=C(Nc1ccc(OS(=O)(=O)F)cc1)N1CCOC(C(F)(F)F)C1. The van der Waals surface area contributed by atoms with Gasteiger partial charge in [0.25, 0.3) is 0 Å². The predicted octanol–water partition coefficient (Wildman–Crippen LogP) is 2.07. The molecule has 1 unspecified atom stereocenters. The number of anilines is 1. The zero-order valence-corrected chi connectivity index (χ0v) is 12.7. The number of amides is 2. The Morgan fingerprint density at radius 1 is 1.29 bits per heavy atom. The van der Waals surface area contributed by atoms with Gasteiger partial charge in [-0.2, -0.15) is 21.6 Å². The normalized spacial score (nSPS) is 19.0.